The molecule has 2 aromatic rings. The van der Waals surface area contributed by atoms with Gasteiger partial charge >= 0.3 is 0 Å². The lowest BCUT2D eigenvalue weighted by Crippen LogP contribution is -2.51. The summed E-state index contributed by atoms with van der Waals surface area (Å²) >= 11 is 1.89. The minimum Gasteiger partial charge on any atom is -0.334 e. The zero-order valence-electron chi connectivity index (χ0n) is 14.0. The number of hydrogen-bond acceptors (Lipinski definition) is 4. The second-order valence-corrected chi connectivity index (χ2v) is 8.20. The molecule has 4 rings (SSSR count). The highest BCUT2D eigenvalue weighted by atomic mass is 32.1. The molecule has 0 radical (unpaired) electrons. The van der Waals surface area contributed by atoms with E-state index in [1.54, 1.807) is 6.20 Å². The molecule has 0 aromatic carbocycles. The lowest BCUT2D eigenvalue weighted by Gasteiger charge is -2.39. The number of likely N-dealkylation sites (tertiary alicyclic amines) is 2. The second-order valence-electron chi connectivity index (χ2n) is 6.83. The lowest BCUT2D eigenvalue weighted by molar-refractivity contribution is -0.138. The molecule has 4 heterocycles. The highest BCUT2D eigenvalue weighted by Crippen LogP contribution is 2.34. The van der Waals surface area contributed by atoms with Crippen molar-refractivity contribution in [2.24, 2.45) is 0 Å². The summed E-state index contributed by atoms with van der Waals surface area (Å²) in [4.78, 5) is 24.2. The van der Waals surface area contributed by atoms with Crippen molar-refractivity contribution in [3.8, 4) is 0 Å². The molecular weight excluding hydrogens is 318 g/mol. The summed E-state index contributed by atoms with van der Waals surface area (Å²) in [6.45, 7) is 4.97. The van der Waals surface area contributed by atoms with E-state index in [0.717, 1.165) is 31.5 Å². The number of pyridine rings is 1. The molecule has 0 saturated carbocycles. The Hall–Kier alpha value is -1.72. The molecule has 0 unspecified atom stereocenters. The zero-order valence-corrected chi connectivity index (χ0v) is 14.8. The highest BCUT2D eigenvalue weighted by Gasteiger charge is 2.42. The van der Waals surface area contributed by atoms with Gasteiger partial charge in [0.05, 0.1) is 0 Å². The van der Waals surface area contributed by atoms with Gasteiger partial charge in [0.15, 0.2) is 0 Å². The monoisotopic (exact) mass is 341 g/mol. The third kappa shape index (κ3) is 3.10. The Morgan fingerprint density at radius 2 is 2.12 bits per heavy atom. The first-order valence-electron chi connectivity index (χ1n) is 8.68. The molecule has 5 heteroatoms. The van der Waals surface area contributed by atoms with Crippen LogP contribution in [-0.4, -0.2) is 39.3 Å². The number of piperidine rings is 1. The van der Waals surface area contributed by atoms with Crippen molar-refractivity contribution < 1.29 is 4.79 Å². The number of rotatable bonds is 4. The van der Waals surface area contributed by atoms with Gasteiger partial charge in [-0.2, -0.15) is 0 Å². The van der Waals surface area contributed by atoms with Gasteiger partial charge in [0.25, 0.3) is 0 Å². The van der Waals surface area contributed by atoms with Crippen LogP contribution in [0.15, 0.2) is 36.7 Å². The van der Waals surface area contributed by atoms with E-state index in [2.05, 4.69) is 39.9 Å². The molecule has 0 N–H and O–H groups in total. The van der Waals surface area contributed by atoms with Crippen molar-refractivity contribution in [2.75, 3.05) is 6.54 Å². The minimum atomic E-state index is 0.300. The van der Waals surface area contributed by atoms with Crippen molar-refractivity contribution in [2.45, 2.75) is 51.4 Å². The molecular formula is C19H23N3OS. The van der Waals surface area contributed by atoms with Gasteiger partial charge in [0.1, 0.15) is 0 Å². The third-order valence-electron chi connectivity index (χ3n) is 5.23. The van der Waals surface area contributed by atoms with Crippen LogP contribution < -0.4 is 0 Å². The van der Waals surface area contributed by atoms with Crippen molar-refractivity contribution in [3.05, 3.63) is 52.0 Å². The van der Waals surface area contributed by atoms with Crippen LogP contribution in [0.1, 0.15) is 34.6 Å². The zero-order chi connectivity index (χ0) is 16.5. The van der Waals surface area contributed by atoms with Gasteiger partial charge in [0, 0.05) is 60.3 Å². The summed E-state index contributed by atoms with van der Waals surface area (Å²) < 4.78 is 0. The first-order chi connectivity index (χ1) is 11.7. The molecule has 2 saturated heterocycles. The Balaban J connectivity index is 1.48. The van der Waals surface area contributed by atoms with Gasteiger partial charge < -0.3 is 4.90 Å². The summed E-state index contributed by atoms with van der Waals surface area (Å²) in [6.07, 6.45) is 6.41. The van der Waals surface area contributed by atoms with Crippen LogP contribution in [0.4, 0.5) is 0 Å². The van der Waals surface area contributed by atoms with E-state index in [9.17, 15) is 4.79 Å². The largest absolute Gasteiger partial charge is 0.334 e. The molecule has 4 nitrogen and oxygen atoms in total. The van der Waals surface area contributed by atoms with Crippen molar-refractivity contribution >= 4 is 17.2 Å². The van der Waals surface area contributed by atoms with Crippen LogP contribution >= 0.6 is 11.3 Å². The van der Waals surface area contributed by atoms with Crippen molar-refractivity contribution in [1.82, 2.24) is 14.8 Å². The molecule has 0 spiro atoms. The average molecular weight is 341 g/mol. The summed E-state index contributed by atoms with van der Waals surface area (Å²) in [5.74, 6) is 0.300. The number of carbonyl (C=O) groups is 1. The Bertz CT molecular complexity index is 714. The molecule has 2 aromatic heterocycles. The maximum absolute atomic E-state index is 12.5. The summed E-state index contributed by atoms with van der Waals surface area (Å²) in [5, 5.41) is 0. The van der Waals surface area contributed by atoms with Crippen LogP contribution in [-0.2, 0) is 17.9 Å². The molecule has 0 aliphatic carbocycles. The molecule has 1 amide bonds. The van der Waals surface area contributed by atoms with Gasteiger partial charge in [-0.05, 0) is 43.5 Å². The first kappa shape index (κ1) is 15.8. The maximum atomic E-state index is 12.5. The van der Waals surface area contributed by atoms with E-state index in [-0.39, 0.29) is 0 Å². The normalized spacial score (nSPS) is 24.4. The number of thiophene rings is 1. The van der Waals surface area contributed by atoms with Crippen molar-refractivity contribution in [3.63, 3.8) is 0 Å². The van der Waals surface area contributed by atoms with Crippen LogP contribution in [0.2, 0.25) is 0 Å². The smallest absolute Gasteiger partial charge is 0.223 e. The third-order valence-corrected chi connectivity index (χ3v) is 6.22. The number of carbonyl (C=O) groups excluding carboxylic acids is 1. The number of fused-ring (bicyclic) bond motifs is 1. The summed E-state index contributed by atoms with van der Waals surface area (Å²) in [6, 6.07) is 9.31. The summed E-state index contributed by atoms with van der Waals surface area (Å²) in [5.41, 5.74) is 1.12. The fraction of sp³-hybridized carbons (Fsp3) is 0.474. The predicted molar refractivity (Wildman–Crippen MR) is 95.7 cm³/mol. The van der Waals surface area contributed by atoms with Gasteiger partial charge in [-0.3, -0.25) is 14.7 Å². The number of hydrogen-bond donors (Lipinski definition) is 0. The van der Waals surface area contributed by atoms with Crippen LogP contribution in [0.3, 0.4) is 0 Å². The van der Waals surface area contributed by atoms with Gasteiger partial charge in [0.2, 0.25) is 5.91 Å². The average Bonchev–Trinajstić information content (AvgIpc) is 3.18. The quantitative estimate of drug-likeness (QED) is 0.857. The fourth-order valence-corrected chi connectivity index (χ4v) is 5.01. The highest BCUT2D eigenvalue weighted by molar-refractivity contribution is 7.11. The van der Waals surface area contributed by atoms with E-state index < -0.39 is 0 Å². The van der Waals surface area contributed by atoms with Gasteiger partial charge in [-0.15, -0.1) is 11.3 Å². The Labute approximate surface area is 147 Å². The van der Waals surface area contributed by atoms with E-state index in [1.165, 1.54) is 9.75 Å². The topological polar surface area (TPSA) is 36.4 Å². The Morgan fingerprint density at radius 3 is 2.88 bits per heavy atom. The van der Waals surface area contributed by atoms with Crippen LogP contribution in [0, 0.1) is 6.92 Å². The molecule has 0 bridgehead atoms. The molecule has 2 aliphatic rings. The minimum absolute atomic E-state index is 0.300. The second kappa shape index (κ2) is 6.65. The van der Waals surface area contributed by atoms with Crippen molar-refractivity contribution in [1.29, 1.82) is 0 Å². The summed E-state index contributed by atoms with van der Waals surface area (Å²) in [7, 11) is 0. The standard InChI is InChI=1S/C19H23N3OS/c1-14-4-5-16(24-14)13-21-10-8-18-17(21)6-7-19(23)22(18)12-15-3-2-9-20-11-15/h2-5,9,11,17-18H,6-8,10,12-13H2,1H3/t17-,18-/m0/s1. The predicted octanol–water partition coefficient (Wildman–Crippen LogP) is 3.22. The molecule has 2 fully saturated rings. The fourth-order valence-electron chi connectivity index (χ4n) is 4.10. The van der Waals surface area contributed by atoms with E-state index in [0.29, 0.717) is 31.0 Å². The van der Waals surface area contributed by atoms with E-state index >= 15 is 0 Å². The molecule has 24 heavy (non-hydrogen) atoms. The maximum Gasteiger partial charge on any atom is 0.223 e. The SMILES string of the molecule is Cc1ccc(CN2CC[C@H]3[C@@H]2CCC(=O)N3Cc2cccnc2)s1. The number of aryl methyl sites for hydroxylation is 1. The number of aromatic nitrogens is 1. The van der Waals surface area contributed by atoms with Crippen LogP contribution in [0.5, 0.6) is 0 Å². The molecule has 2 atom stereocenters. The van der Waals surface area contributed by atoms with Gasteiger partial charge in [-0.25, -0.2) is 0 Å². The first-order valence-corrected chi connectivity index (χ1v) is 9.50. The van der Waals surface area contributed by atoms with E-state index in [4.69, 9.17) is 0 Å². The molecule has 126 valence electrons. The van der Waals surface area contributed by atoms with Crippen LogP contribution in [0.25, 0.3) is 0 Å². The number of nitrogens with zero attached hydrogens (tertiary/aromatic N) is 3. The Kier molecular flexibility index (Phi) is 4.37. The number of amides is 1. The Morgan fingerprint density at radius 1 is 1.21 bits per heavy atom. The van der Waals surface area contributed by atoms with Gasteiger partial charge in [-0.1, -0.05) is 6.07 Å². The molecule has 2 aliphatic heterocycles. The lowest BCUT2D eigenvalue weighted by atomic mass is 9.95. The van der Waals surface area contributed by atoms with E-state index in [1.807, 2.05) is 23.6 Å².